The number of hydrogen-bond donors (Lipinski definition) is 0. The van der Waals surface area contributed by atoms with Gasteiger partial charge in [0.05, 0.1) is 112 Å². The van der Waals surface area contributed by atoms with Gasteiger partial charge in [-0.15, -0.1) is 0 Å². The van der Waals surface area contributed by atoms with Crippen molar-refractivity contribution in [2.45, 2.75) is 43.6 Å². The molecular weight excluding hydrogens is 1180 g/mol. The Morgan fingerprint density at radius 2 is 0.551 bits per heavy atom. The van der Waals surface area contributed by atoms with Crippen molar-refractivity contribution >= 4 is 101 Å². The number of aryl methyl sites for hydroxylation is 2. The minimum atomic E-state index is -2.01. The first-order valence-electron chi connectivity index (χ1n) is 18.3. The number of nitrogens with zero attached hydrogens (tertiary/aromatic N) is 16. The highest BCUT2D eigenvalue weighted by Gasteiger charge is 2.22. The summed E-state index contributed by atoms with van der Waals surface area (Å²) in [5, 5.41) is 69.4. The lowest BCUT2D eigenvalue weighted by Gasteiger charge is -2.01. The van der Waals surface area contributed by atoms with Gasteiger partial charge in [-0.25, -0.2) is 98.4 Å². The van der Waals surface area contributed by atoms with Gasteiger partial charge in [-0.2, -0.15) is 0 Å². The predicted octanol–water partition coefficient (Wildman–Crippen LogP) is 9.70. The largest absolute Gasteiger partial charge is 0.275 e. The molecule has 0 heterocycles. The second-order valence-electron chi connectivity index (χ2n) is 12.7. The molecule has 0 unspecified atom stereocenters. The summed E-state index contributed by atoms with van der Waals surface area (Å²) in [4.78, 5) is 23.5. The van der Waals surface area contributed by atoms with E-state index < -0.39 is 45.1 Å². The molecule has 0 saturated heterocycles. The first-order chi connectivity index (χ1) is 35.2. The molecule has 24 heteroatoms. The van der Waals surface area contributed by atoms with Crippen LogP contribution in [-0.4, -0.2) is 0 Å². The third-order valence-electron chi connectivity index (χ3n) is 8.69. The second kappa shape index (κ2) is 35.2. The number of nitriles is 8. The fourth-order valence-corrected chi connectivity index (χ4v) is 6.91. The molecule has 4 rings (SSSR count). The van der Waals surface area contributed by atoms with Gasteiger partial charge in [0, 0.05) is 39.9 Å². The topological polar surface area (TPSA) is 225 Å². The van der Waals surface area contributed by atoms with Crippen LogP contribution in [0.3, 0.4) is 0 Å². The maximum absolute atomic E-state index is 13.6. The highest BCUT2D eigenvalue weighted by atomic mass is 79.9. The molecule has 0 saturated carbocycles. The summed E-state index contributed by atoms with van der Waals surface area (Å²) in [6.45, 7) is 57.9. The highest BCUT2D eigenvalue weighted by molar-refractivity contribution is 9.11. The van der Waals surface area contributed by atoms with Gasteiger partial charge in [0.2, 0.25) is 0 Å². The molecule has 380 valence electrons. The van der Waals surface area contributed by atoms with E-state index in [9.17, 15) is 17.6 Å². The number of hydrogen-bond acceptors (Lipinski definition) is 8. The van der Waals surface area contributed by atoms with E-state index in [4.69, 9.17) is 118 Å². The highest BCUT2D eigenvalue weighted by Crippen LogP contribution is 2.12. The SMILES string of the molecule is C.C.C.C.[C-]#[N+]/C(C#N)=c1/cc(Br)/c(=C(\C#N)[N+]#[C-])cc1Br.[C-]#[N+]/C(C#N)=c1/cc(C)/c(=C(\C#N)[N+]#[C-])cc1C.[C-]#[N+]/C(C#N)=c1/cc(Cl)/c(=C(\C#N)[N+]#[C-])cc1Cl.[C-]#[N+]C(C#N)=c1c(F)c(F)c(=C(C#N)[N+]#[C-])c(F)c1F. The molecule has 0 atom stereocenters. The van der Waals surface area contributed by atoms with Crippen LogP contribution in [0.4, 0.5) is 17.6 Å². The maximum Gasteiger partial charge on any atom is 0.275 e. The Kier molecular flexibility index (Phi) is 33.1. The summed E-state index contributed by atoms with van der Waals surface area (Å²) in [6, 6.07) is 21.9. The molecule has 4 aromatic carbocycles. The molecule has 0 aromatic heterocycles. The second-order valence-corrected chi connectivity index (χ2v) is 15.2. The molecule has 0 aliphatic rings. The van der Waals surface area contributed by atoms with Gasteiger partial charge >= 0.3 is 0 Å². The van der Waals surface area contributed by atoms with Gasteiger partial charge in [0.1, 0.15) is 0 Å². The standard InChI is InChI=1S/C14H8N4.C12H2Br2N4.C12H2Cl2N4.C12F4N4.4CH4/c1-9-5-12(14(8-16)18-4)10(2)6-11(9)13(7-15)17-3;2*1-17-11(5-15)7-3-10(14)8(4-9(7)13)12(6-16)18-2;1-19-5(3-17)7-9(13)11(15)8(6(4-18)20-2)12(16)10(7)14;;;;/h5-6H,1-2H3;2*3-4H;;4*1H4/b13-11-,14-12+;2*11-7-,12-8+;;;;;. The van der Waals surface area contributed by atoms with Crippen molar-refractivity contribution in [1.82, 2.24) is 0 Å². The molecule has 0 N–H and O–H groups in total. The summed E-state index contributed by atoms with van der Waals surface area (Å²) in [6.07, 6.45) is 0. The summed E-state index contributed by atoms with van der Waals surface area (Å²) < 4.78 is 55.5. The first-order valence-corrected chi connectivity index (χ1v) is 20.7. The van der Waals surface area contributed by atoms with Gasteiger partial charge < -0.3 is 0 Å². The van der Waals surface area contributed by atoms with Crippen molar-refractivity contribution in [1.29, 1.82) is 42.1 Å². The van der Waals surface area contributed by atoms with Crippen LogP contribution in [0.2, 0.25) is 10.0 Å². The summed E-state index contributed by atoms with van der Waals surface area (Å²) >= 11 is 18.3. The molecule has 4 aromatic rings. The van der Waals surface area contributed by atoms with E-state index in [1.807, 2.05) is 12.1 Å². The van der Waals surface area contributed by atoms with Crippen molar-refractivity contribution in [3.63, 3.8) is 0 Å². The summed E-state index contributed by atoms with van der Waals surface area (Å²) in [7, 11) is 0. The van der Waals surface area contributed by atoms with Crippen molar-refractivity contribution in [3.8, 4) is 48.6 Å². The molecule has 0 aliphatic carbocycles. The van der Waals surface area contributed by atoms with Crippen molar-refractivity contribution in [2.75, 3.05) is 0 Å². The van der Waals surface area contributed by atoms with Crippen LogP contribution >= 0.6 is 55.1 Å². The minimum absolute atomic E-state index is 0. The monoisotopic (exact) mass is 1200 g/mol. The zero-order chi connectivity index (χ0) is 56.6. The van der Waals surface area contributed by atoms with Crippen LogP contribution in [0.15, 0.2) is 45.3 Å². The van der Waals surface area contributed by atoms with E-state index in [-0.39, 0.29) is 84.4 Å². The van der Waals surface area contributed by atoms with Gasteiger partial charge in [-0.05, 0) is 48.6 Å². The number of halogens is 8. The van der Waals surface area contributed by atoms with Crippen molar-refractivity contribution in [2.24, 2.45) is 0 Å². The Morgan fingerprint density at radius 1 is 0.359 bits per heavy atom. The van der Waals surface area contributed by atoms with Crippen LogP contribution in [0.5, 0.6) is 0 Å². The number of benzene rings is 4. The van der Waals surface area contributed by atoms with Crippen LogP contribution in [0.1, 0.15) is 40.8 Å². The fourth-order valence-electron chi connectivity index (χ4n) is 5.34. The van der Waals surface area contributed by atoms with E-state index in [0.717, 1.165) is 12.1 Å². The first kappa shape index (κ1) is 73.5. The van der Waals surface area contributed by atoms with E-state index in [1.165, 1.54) is 12.1 Å². The molecule has 0 aliphatic heterocycles. The zero-order valence-corrected chi connectivity index (χ0v) is 41.3. The predicted molar refractivity (Wildman–Crippen MR) is 289 cm³/mol. The normalized spacial score (nSPS) is 10.8. The summed E-state index contributed by atoms with van der Waals surface area (Å²) in [5.74, 6) is -8.04. The Bertz CT molecular complexity index is 3640. The Balaban J connectivity index is -0.000000461. The quantitative estimate of drug-likeness (QED) is 0.0933. The van der Waals surface area contributed by atoms with Crippen LogP contribution < -0.4 is 41.7 Å². The van der Waals surface area contributed by atoms with Gasteiger partial charge in [0.15, 0.2) is 23.3 Å². The molecule has 0 bridgehead atoms. The molecule has 0 amide bonds. The molecule has 0 fully saturated rings. The van der Waals surface area contributed by atoms with Gasteiger partial charge in [-0.1, -0.05) is 108 Å². The third kappa shape index (κ3) is 17.0. The smallest absolute Gasteiger partial charge is 0.226 e. The molecule has 0 radical (unpaired) electrons. The van der Waals surface area contributed by atoms with E-state index in [2.05, 4.69) is 70.6 Å². The van der Waals surface area contributed by atoms with Crippen LogP contribution in [0, 0.1) is 180 Å². The van der Waals surface area contributed by atoms with Crippen molar-refractivity contribution in [3.05, 3.63) is 223 Å². The zero-order valence-electron chi connectivity index (χ0n) is 36.6. The summed E-state index contributed by atoms with van der Waals surface area (Å²) in [5.41, 5.74) is -1.45. The molecule has 0 spiro atoms. The number of rotatable bonds is 0. The fraction of sp³-hybridized carbons (Fsp3) is 0.111. The Labute approximate surface area is 472 Å². The third-order valence-corrected chi connectivity index (χ3v) is 10.6. The van der Waals surface area contributed by atoms with Crippen LogP contribution in [0.25, 0.3) is 84.3 Å². The van der Waals surface area contributed by atoms with E-state index in [1.54, 1.807) is 62.4 Å². The van der Waals surface area contributed by atoms with Crippen LogP contribution in [-0.2, 0) is 0 Å². The van der Waals surface area contributed by atoms with E-state index >= 15 is 0 Å². The Morgan fingerprint density at radius 3 is 0.744 bits per heavy atom. The van der Waals surface area contributed by atoms with E-state index in [0.29, 0.717) is 40.9 Å². The lowest BCUT2D eigenvalue weighted by atomic mass is 10.0. The average molecular weight is 1210 g/mol. The molecule has 78 heavy (non-hydrogen) atoms. The Hall–Kier alpha value is -11.1. The maximum atomic E-state index is 13.6. The van der Waals surface area contributed by atoms with Crippen molar-refractivity contribution < 1.29 is 17.6 Å². The van der Waals surface area contributed by atoms with Gasteiger partial charge in [-0.3, -0.25) is 0 Å². The van der Waals surface area contributed by atoms with Gasteiger partial charge in [0.25, 0.3) is 45.6 Å². The molecule has 16 nitrogen and oxygen atoms in total. The molecular formula is C54H28Br2Cl2F4N16. The lowest BCUT2D eigenvalue weighted by molar-refractivity contribution is 0.434. The minimum Gasteiger partial charge on any atom is -0.226 e. The average Bonchev–Trinajstić information content (AvgIpc) is 3.40. The lowest BCUT2D eigenvalue weighted by Crippen LogP contribution is -2.30.